The Hall–Kier alpha value is -1.30. The molecule has 0 radical (unpaired) electrons. The van der Waals surface area contributed by atoms with Gasteiger partial charge < -0.3 is 20.1 Å². The van der Waals surface area contributed by atoms with Crippen molar-refractivity contribution >= 4 is 12.0 Å². The van der Waals surface area contributed by atoms with Crippen molar-refractivity contribution in [1.29, 1.82) is 0 Å². The molecule has 0 heterocycles. The first-order valence-electron chi connectivity index (χ1n) is 7.12. The number of ether oxygens (including phenoxy) is 1. The third kappa shape index (κ3) is 5.77. The van der Waals surface area contributed by atoms with Gasteiger partial charge in [0.2, 0.25) is 0 Å². The number of carboxylic acids is 1. The maximum Gasteiger partial charge on any atom is 0.323 e. The van der Waals surface area contributed by atoms with Crippen molar-refractivity contribution in [3.63, 3.8) is 0 Å². The Kier molecular flexibility index (Phi) is 6.26. The second-order valence-electron chi connectivity index (χ2n) is 6.07. The van der Waals surface area contributed by atoms with Crippen LogP contribution in [0.1, 0.15) is 33.1 Å². The maximum absolute atomic E-state index is 12.1. The van der Waals surface area contributed by atoms with Gasteiger partial charge in [0.05, 0.1) is 0 Å². The van der Waals surface area contributed by atoms with Gasteiger partial charge in [-0.15, -0.1) is 0 Å². The van der Waals surface area contributed by atoms with Crippen LogP contribution < -0.4 is 5.32 Å². The van der Waals surface area contributed by atoms with Crippen molar-refractivity contribution in [3.05, 3.63) is 0 Å². The Bertz CT molecular complexity index is 340. The van der Waals surface area contributed by atoms with E-state index in [1.54, 1.807) is 7.11 Å². The van der Waals surface area contributed by atoms with Crippen LogP contribution in [0, 0.1) is 11.3 Å². The van der Waals surface area contributed by atoms with Crippen molar-refractivity contribution < 1.29 is 19.4 Å². The molecule has 0 spiro atoms. The highest BCUT2D eigenvalue weighted by Gasteiger charge is 2.42. The van der Waals surface area contributed by atoms with Gasteiger partial charge in [0.1, 0.15) is 6.54 Å². The third-order valence-electron chi connectivity index (χ3n) is 3.61. The molecular weight excluding hydrogens is 260 g/mol. The van der Waals surface area contributed by atoms with E-state index in [1.807, 2.05) is 13.8 Å². The first-order chi connectivity index (χ1) is 9.38. The normalized spacial score (nSPS) is 16.0. The van der Waals surface area contributed by atoms with E-state index in [2.05, 4.69) is 5.32 Å². The summed E-state index contributed by atoms with van der Waals surface area (Å²) in [4.78, 5) is 24.3. The number of nitrogens with one attached hydrogen (secondary N) is 1. The van der Waals surface area contributed by atoms with E-state index in [0.717, 1.165) is 19.3 Å². The van der Waals surface area contributed by atoms with Crippen LogP contribution in [0.5, 0.6) is 0 Å². The molecule has 0 unspecified atom stereocenters. The van der Waals surface area contributed by atoms with Gasteiger partial charge in [-0.3, -0.25) is 4.79 Å². The summed E-state index contributed by atoms with van der Waals surface area (Å²) in [5, 5.41) is 11.7. The average Bonchev–Trinajstić information content (AvgIpc) is 3.12. The summed E-state index contributed by atoms with van der Waals surface area (Å²) in [5.74, 6) is -0.746. The van der Waals surface area contributed by atoms with Gasteiger partial charge in [-0.2, -0.15) is 0 Å². The molecule has 2 amide bonds. The second kappa shape index (κ2) is 7.47. The summed E-state index contributed by atoms with van der Waals surface area (Å²) in [6.45, 7) is 5.41. The Balaban J connectivity index is 2.43. The molecule has 0 aliphatic heterocycles. The predicted molar refractivity (Wildman–Crippen MR) is 75.6 cm³/mol. The van der Waals surface area contributed by atoms with E-state index in [1.165, 1.54) is 4.90 Å². The van der Waals surface area contributed by atoms with Crippen LogP contribution in [0.15, 0.2) is 0 Å². The van der Waals surface area contributed by atoms with E-state index in [0.29, 0.717) is 19.7 Å². The number of hydrogen-bond acceptors (Lipinski definition) is 3. The molecule has 1 saturated carbocycles. The van der Waals surface area contributed by atoms with Crippen molar-refractivity contribution in [1.82, 2.24) is 10.2 Å². The topological polar surface area (TPSA) is 78.9 Å². The number of rotatable bonds is 9. The molecule has 1 fully saturated rings. The van der Waals surface area contributed by atoms with Gasteiger partial charge in [0.15, 0.2) is 0 Å². The first kappa shape index (κ1) is 16.8. The number of hydrogen-bond donors (Lipinski definition) is 2. The summed E-state index contributed by atoms with van der Waals surface area (Å²) in [7, 11) is 1.67. The Morgan fingerprint density at radius 1 is 1.40 bits per heavy atom. The molecule has 0 aromatic heterocycles. The van der Waals surface area contributed by atoms with E-state index in [-0.39, 0.29) is 23.9 Å². The summed E-state index contributed by atoms with van der Waals surface area (Å²) in [5.41, 5.74) is 0.165. The van der Waals surface area contributed by atoms with Crippen LogP contribution in [0.3, 0.4) is 0 Å². The summed E-state index contributed by atoms with van der Waals surface area (Å²) in [6.07, 6.45) is 3.13. The lowest BCUT2D eigenvalue weighted by Gasteiger charge is -2.24. The average molecular weight is 286 g/mol. The lowest BCUT2D eigenvalue weighted by atomic mass is 10.0. The standard InChI is InChI=1S/C14H26N2O4/c1-11(2)8-16(9-12(17)18)13(19)15-10-14(4-5-14)6-7-20-3/h11H,4-10H2,1-3H3,(H,15,19)(H,17,18). The number of methoxy groups -OCH3 is 1. The van der Waals surface area contributed by atoms with Gasteiger partial charge in [0, 0.05) is 26.8 Å². The molecule has 0 aromatic rings. The fraction of sp³-hybridized carbons (Fsp3) is 0.857. The highest BCUT2D eigenvalue weighted by atomic mass is 16.5. The maximum atomic E-state index is 12.1. The molecule has 0 saturated heterocycles. The fourth-order valence-corrected chi connectivity index (χ4v) is 2.21. The fourth-order valence-electron chi connectivity index (χ4n) is 2.21. The Morgan fingerprint density at radius 2 is 2.05 bits per heavy atom. The van der Waals surface area contributed by atoms with Crippen LogP contribution >= 0.6 is 0 Å². The zero-order chi connectivity index (χ0) is 15.2. The van der Waals surface area contributed by atoms with Crippen molar-refractivity contribution in [2.24, 2.45) is 11.3 Å². The number of carbonyl (C=O) groups excluding carboxylic acids is 1. The summed E-state index contributed by atoms with van der Waals surface area (Å²) < 4.78 is 5.08. The minimum Gasteiger partial charge on any atom is -0.480 e. The van der Waals surface area contributed by atoms with Crippen molar-refractivity contribution in [2.45, 2.75) is 33.1 Å². The molecule has 1 rings (SSSR count). The minimum absolute atomic E-state index is 0.165. The van der Waals surface area contributed by atoms with E-state index >= 15 is 0 Å². The van der Waals surface area contributed by atoms with Gasteiger partial charge in [0.25, 0.3) is 0 Å². The number of carbonyl (C=O) groups is 2. The SMILES string of the molecule is COCCC1(CNC(=O)N(CC(=O)O)CC(C)C)CC1. The number of nitrogens with zero attached hydrogens (tertiary/aromatic N) is 1. The van der Waals surface area contributed by atoms with Crippen molar-refractivity contribution in [3.8, 4) is 0 Å². The minimum atomic E-state index is -0.985. The van der Waals surface area contributed by atoms with Crippen LogP contribution in [-0.2, 0) is 9.53 Å². The first-order valence-corrected chi connectivity index (χ1v) is 7.12. The molecule has 6 nitrogen and oxygen atoms in total. The van der Waals surface area contributed by atoms with E-state index < -0.39 is 5.97 Å². The zero-order valence-corrected chi connectivity index (χ0v) is 12.6. The molecule has 116 valence electrons. The van der Waals surface area contributed by atoms with Gasteiger partial charge in [-0.05, 0) is 30.6 Å². The highest BCUT2D eigenvalue weighted by Crippen LogP contribution is 2.48. The zero-order valence-electron chi connectivity index (χ0n) is 12.6. The monoisotopic (exact) mass is 286 g/mol. The molecule has 6 heteroatoms. The summed E-state index contributed by atoms with van der Waals surface area (Å²) >= 11 is 0. The van der Waals surface area contributed by atoms with E-state index in [9.17, 15) is 9.59 Å². The molecule has 1 aliphatic carbocycles. The molecule has 1 aliphatic rings. The second-order valence-corrected chi connectivity index (χ2v) is 6.07. The molecule has 0 atom stereocenters. The molecule has 20 heavy (non-hydrogen) atoms. The lowest BCUT2D eigenvalue weighted by Crippen LogP contribution is -2.46. The van der Waals surface area contributed by atoms with Gasteiger partial charge in [-0.25, -0.2) is 4.79 Å². The number of urea groups is 1. The quantitative estimate of drug-likeness (QED) is 0.674. The molecule has 0 bridgehead atoms. The molecular formula is C14H26N2O4. The van der Waals surface area contributed by atoms with Crippen LogP contribution in [0.25, 0.3) is 0 Å². The van der Waals surface area contributed by atoms with E-state index in [4.69, 9.17) is 9.84 Å². The third-order valence-corrected chi connectivity index (χ3v) is 3.61. The molecule has 2 N–H and O–H groups in total. The van der Waals surface area contributed by atoms with Crippen LogP contribution in [-0.4, -0.2) is 55.4 Å². The Morgan fingerprint density at radius 3 is 2.50 bits per heavy atom. The number of amides is 2. The summed E-state index contributed by atoms with van der Waals surface area (Å²) in [6, 6.07) is -0.287. The van der Waals surface area contributed by atoms with Crippen molar-refractivity contribution in [2.75, 3.05) is 33.4 Å². The smallest absolute Gasteiger partial charge is 0.323 e. The highest BCUT2D eigenvalue weighted by molar-refractivity contribution is 5.80. The number of aliphatic carboxylic acids is 1. The van der Waals surface area contributed by atoms with Crippen LogP contribution in [0.4, 0.5) is 4.79 Å². The lowest BCUT2D eigenvalue weighted by molar-refractivity contribution is -0.137. The Labute approximate surface area is 120 Å². The van der Waals surface area contributed by atoms with Crippen LogP contribution in [0.2, 0.25) is 0 Å². The predicted octanol–water partition coefficient (Wildman–Crippen LogP) is 1.56. The van der Waals surface area contributed by atoms with Gasteiger partial charge in [-0.1, -0.05) is 13.8 Å². The largest absolute Gasteiger partial charge is 0.480 e. The molecule has 0 aromatic carbocycles. The van der Waals surface area contributed by atoms with Gasteiger partial charge >= 0.3 is 12.0 Å². The number of carboxylic acid groups (broad SMARTS) is 1.